The number of aromatic hydroxyl groups is 3. The molecule has 0 saturated carbocycles. The van der Waals surface area contributed by atoms with Gasteiger partial charge in [-0.25, -0.2) is 0 Å². The van der Waals surface area contributed by atoms with E-state index in [-0.39, 0.29) is 33.4 Å². The van der Waals surface area contributed by atoms with Gasteiger partial charge in [-0.1, -0.05) is 0 Å². The first-order valence-electron chi connectivity index (χ1n) is 8.84. The zero-order chi connectivity index (χ0) is 21.7. The van der Waals surface area contributed by atoms with Crippen molar-refractivity contribution in [1.82, 2.24) is 0 Å². The first-order valence-corrected chi connectivity index (χ1v) is 8.84. The Kier molecular flexibility index (Phi) is 4.92. The number of aliphatic hydroxyl groups is 4. The first kappa shape index (κ1) is 20.2. The third kappa shape index (κ3) is 3.09. The lowest BCUT2D eigenvalue weighted by atomic mass is 9.99. The molecule has 1 saturated heterocycles. The van der Waals surface area contributed by atoms with Gasteiger partial charge in [-0.05, 0) is 12.1 Å². The normalized spacial score (nSPS) is 26.9. The van der Waals surface area contributed by atoms with Gasteiger partial charge in [0.15, 0.2) is 11.3 Å². The Labute approximate surface area is 167 Å². The summed E-state index contributed by atoms with van der Waals surface area (Å²) in [5, 5.41) is 68.5. The summed E-state index contributed by atoms with van der Waals surface area (Å²) in [6.07, 6.45) is -7.85. The van der Waals surface area contributed by atoms with Crippen molar-refractivity contribution in [1.29, 1.82) is 0 Å². The van der Waals surface area contributed by atoms with E-state index in [0.29, 0.717) is 0 Å². The molecule has 11 heteroatoms. The summed E-state index contributed by atoms with van der Waals surface area (Å²) < 4.78 is 16.3. The molecule has 7 N–H and O–H groups in total. The smallest absolute Gasteiger partial charge is 0.229 e. The van der Waals surface area contributed by atoms with Gasteiger partial charge in [-0.15, -0.1) is 0 Å². The Balaban J connectivity index is 1.87. The topological polar surface area (TPSA) is 190 Å². The summed E-state index contributed by atoms with van der Waals surface area (Å²) in [6.45, 7) is -0.675. The maximum atomic E-state index is 13.0. The van der Waals surface area contributed by atoms with Crippen LogP contribution < -0.4 is 10.2 Å². The third-order valence-electron chi connectivity index (χ3n) is 4.92. The molecule has 4 rings (SSSR count). The summed E-state index contributed by atoms with van der Waals surface area (Å²) >= 11 is 0. The highest BCUT2D eigenvalue weighted by molar-refractivity contribution is 5.98. The molecule has 1 aliphatic rings. The lowest BCUT2D eigenvalue weighted by Gasteiger charge is -2.39. The molecule has 11 nitrogen and oxygen atoms in total. The Morgan fingerprint density at radius 2 is 1.67 bits per heavy atom. The molecule has 3 aromatic rings. The minimum atomic E-state index is -1.73. The van der Waals surface area contributed by atoms with Crippen LogP contribution in [-0.4, -0.2) is 73.1 Å². The molecule has 2 heterocycles. The quantitative estimate of drug-likeness (QED) is 0.263. The predicted octanol–water partition coefficient (Wildman–Crippen LogP) is -0.758. The number of hydrogen-bond acceptors (Lipinski definition) is 11. The molecule has 1 aromatic heterocycles. The second kappa shape index (κ2) is 7.31. The van der Waals surface area contributed by atoms with Crippen LogP contribution in [0.25, 0.3) is 21.9 Å². The number of phenols is 3. The fourth-order valence-corrected chi connectivity index (χ4v) is 3.39. The SMILES string of the molecule is O=c1c2c(O)cc(O)cc2oc2c(O)ccc(O[C@@H]3O[C@H](CO)[C@@H](O)[C@H](O)[C@H]3O)c12. The number of ether oxygens (including phenoxy) is 2. The standard InChI is InChI=1S/C19H18O11/c20-5-11-14(24)16(26)17(27)19(30-11)29-9-2-1-7(22)18-13(9)15(25)12-8(23)3-6(21)4-10(12)28-18/h1-4,11,14,16-17,19-24,26-27H,5H2/t11-,14-,16+,17-,19-/m1/s1. The van der Waals surface area contributed by atoms with Gasteiger partial charge in [0.1, 0.15) is 58.0 Å². The average Bonchev–Trinajstić information content (AvgIpc) is 2.69. The van der Waals surface area contributed by atoms with Gasteiger partial charge in [0.2, 0.25) is 11.7 Å². The molecule has 1 aliphatic heterocycles. The second-order valence-corrected chi connectivity index (χ2v) is 6.87. The van der Waals surface area contributed by atoms with Gasteiger partial charge in [-0.2, -0.15) is 0 Å². The Morgan fingerprint density at radius 1 is 0.933 bits per heavy atom. The molecule has 1 fully saturated rings. The highest BCUT2D eigenvalue weighted by Gasteiger charge is 2.45. The summed E-state index contributed by atoms with van der Waals surface area (Å²) in [5.74, 6) is -1.60. The number of fused-ring (bicyclic) bond motifs is 2. The summed E-state index contributed by atoms with van der Waals surface area (Å²) in [5.41, 5.74) is -1.32. The fourth-order valence-electron chi connectivity index (χ4n) is 3.39. The minimum absolute atomic E-state index is 0.190. The van der Waals surface area contributed by atoms with Crippen LogP contribution >= 0.6 is 0 Å². The van der Waals surface area contributed by atoms with Gasteiger partial charge in [0.25, 0.3) is 0 Å². The van der Waals surface area contributed by atoms with Gasteiger partial charge < -0.3 is 49.6 Å². The zero-order valence-electron chi connectivity index (χ0n) is 15.2. The molecular formula is C19H18O11. The van der Waals surface area contributed by atoms with E-state index in [2.05, 4.69) is 0 Å². The van der Waals surface area contributed by atoms with Crippen LogP contribution in [0, 0.1) is 0 Å². The Morgan fingerprint density at radius 3 is 2.37 bits per heavy atom. The van der Waals surface area contributed by atoms with Crippen molar-refractivity contribution < 1.29 is 49.6 Å². The molecule has 0 aliphatic carbocycles. The Bertz CT molecular complexity index is 1170. The molecule has 5 atom stereocenters. The molecule has 0 unspecified atom stereocenters. The number of benzene rings is 2. The third-order valence-corrected chi connectivity index (χ3v) is 4.92. The first-order chi connectivity index (χ1) is 14.2. The van der Waals surface area contributed by atoms with E-state index in [1.54, 1.807) is 0 Å². The van der Waals surface area contributed by atoms with Crippen molar-refractivity contribution in [3.63, 3.8) is 0 Å². The number of rotatable bonds is 3. The van der Waals surface area contributed by atoms with Crippen molar-refractivity contribution in [2.75, 3.05) is 6.61 Å². The van der Waals surface area contributed by atoms with Gasteiger partial charge in [-0.3, -0.25) is 4.79 Å². The van der Waals surface area contributed by atoms with Crippen molar-refractivity contribution >= 4 is 21.9 Å². The minimum Gasteiger partial charge on any atom is -0.508 e. The zero-order valence-corrected chi connectivity index (χ0v) is 15.2. The van der Waals surface area contributed by atoms with Crippen LogP contribution in [-0.2, 0) is 4.74 Å². The molecule has 30 heavy (non-hydrogen) atoms. The molecule has 0 amide bonds. The highest BCUT2D eigenvalue weighted by Crippen LogP contribution is 2.37. The van der Waals surface area contributed by atoms with Crippen molar-refractivity contribution in [2.24, 2.45) is 0 Å². The van der Waals surface area contributed by atoms with Crippen LogP contribution in [0.3, 0.4) is 0 Å². The number of phenolic OH excluding ortho intramolecular Hbond substituents is 3. The molecule has 0 spiro atoms. The van der Waals surface area contributed by atoms with E-state index in [0.717, 1.165) is 18.2 Å². The summed E-state index contributed by atoms with van der Waals surface area (Å²) in [7, 11) is 0. The van der Waals surface area contributed by atoms with E-state index >= 15 is 0 Å². The molecule has 160 valence electrons. The van der Waals surface area contributed by atoms with Crippen LogP contribution in [0.1, 0.15) is 0 Å². The molecule has 2 aromatic carbocycles. The highest BCUT2D eigenvalue weighted by atomic mass is 16.7. The van der Waals surface area contributed by atoms with E-state index in [4.69, 9.17) is 13.9 Å². The van der Waals surface area contributed by atoms with Crippen molar-refractivity contribution in [3.05, 3.63) is 34.5 Å². The van der Waals surface area contributed by atoms with Crippen LogP contribution in [0.4, 0.5) is 0 Å². The monoisotopic (exact) mass is 422 g/mol. The average molecular weight is 422 g/mol. The second-order valence-electron chi connectivity index (χ2n) is 6.87. The van der Waals surface area contributed by atoms with Crippen molar-refractivity contribution in [2.45, 2.75) is 30.7 Å². The number of aliphatic hydroxyl groups excluding tert-OH is 4. The van der Waals surface area contributed by atoms with E-state index in [1.807, 2.05) is 0 Å². The van der Waals surface area contributed by atoms with E-state index < -0.39 is 54.2 Å². The maximum absolute atomic E-state index is 13.0. The number of hydrogen-bond donors (Lipinski definition) is 7. The molecule has 0 radical (unpaired) electrons. The molecule has 0 bridgehead atoms. The van der Waals surface area contributed by atoms with Gasteiger partial charge >= 0.3 is 0 Å². The summed E-state index contributed by atoms with van der Waals surface area (Å²) in [4.78, 5) is 13.0. The lowest BCUT2D eigenvalue weighted by molar-refractivity contribution is -0.277. The maximum Gasteiger partial charge on any atom is 0.229 e. The lowest BCUT2D eigenvalue weighted by Crippen LogP contribution is -2.60. The summed E-state index contributed by atoms with van der Waals surface area (Å²) in [6, 6.07) is 4.34. The van der Waals surface area contributed by atoms with E-state index in [9.17, 15) is 40.5 Å². The van der Waals surface area contributed by atoms with Crippen LogP contribution in [0.5, 0.6) is 23.0 Å². The fraction of sp³-hybridized carbons (Fsp3) is 0.316. The van der Waals surface area contributed by atoms with E-state index in [1.165, 1.54) is 6.07 Å². The van der Waals surface area contributed by atoms with Gasteiger partial charge in [0.05, 0.1) is 6.61 Å². The van der Waals surface area contributed by atoms with Crippen LogP contribution in [0.2, 0.25) is 0 Å². The molecular weight excluding hydrogens is 404 g/mol. The van der Waals surface area contributed by atoms with Gasteiger partial charge in [0, 0.05) is 12.1 Å². The largest absolute Gasteiger partial charge is 0.508 e. The Hall–Kier alpha value is -3.09. The van der Waals surface area contributed by atoms with Crippen molar-refractivity contribution in [3.8, 4) is 23.0 Å². The van der Waals surface area contributed by atoms with Crippen LogP contribution in [0.15, 0.2) is 33.5 Å². The predicted molar refractivity (Wildman–Crippen MR) is 99.4 cm³/mol.